The molecule has 1 fully saturated rings. The topological polar surface area (TPSA) is 67.4 Å². The molecule has 0 aromatic heterocycles. The van der Waals surface area contributed by atoms with Gasteiger partial charge in [0.05, 0.1) is 0 Å². The summed E-state index contributed by atoms with van der Waals surface area (Å²) in [7, 11) is 0. The highest BCUT2D eigenvalue weighted by Gasteiger charge is 2.16. The second kappa shape index (κ2) is 11.4. The monoisotopic (exact) mass is 484 g/mol. The van der Waals surface area contributed by atoms with Gasteiger partial charge in [-0.05, 0) is 83.8 Å². The van der Waals surface area contributed by atoms with Crippen molar-refractivity contribution in [1.82, 2.24) is 0 Å². The maximum absolute atomic E-state index is 12.6. The van der Waals surface area contributed by atoms with Gasteiger partial charge in [0.2, 0.25) is 0 Å². The Balaban J connectivity index is 1.24. The quantitative estimate of drug-likeness (QED) is 0.370. The van der Waals surface area contributed by atoms with Crippen LogP contribution >= 0.6 is 0 Å². The van der Waals surface area contributed by atoms with Crippen molar-refractivity contribution in [3.63, 3.8) is 0 Å². The number of carbonyl (C=O) groups excluding carboxylic acids is 2. The molecule has 4 rings (SSSR count). The fourth-order valence-corrected chi connectivity index (χ4v) is 4.58. The molecule has 0 aliphatic heterocycles. The van der Waals surface area contributed by atoms with Gasteiger partial charge >= 0.3 is 0 Å². The molecule has 0 heterocycles. The van der Waals surface area contributed by atoms with Crippen molar-refractivity contribution < 1.29 is 14.3 Å². The number of anilines is 2. The van der Waals surface area contributed by atoms with Crippen LogP contribution in [0.2, 0.25) is 0 Å². The van der Waals surface area contributed by atoms with E-state index in [0.717, 1.165) is 0 Å². The lowest BCUT2D eigenvalue weighted by molar-refractivity contribution is -0.118. The van der Waals surface area contributed by atoms with Crippen molar-refractivity contribution >= 4 is 23.2 Å². The van der Waals surface area contributed by atoms with E-state index in [0.29, 0.717) is 28.6 Å². The number of nitrogens with one attached hydrogen (secondary N) is 2. The number of hydrogen-bond donors (Lipinski definition) is 2. The van der Waals surface area contributed by atoms with E-state index in [4.69, 9.17) is 4.74 Å². The lowest BCUT2D eigenvalue weighted by atomic mass is 9.84. The SMILES string of the molecule is CC(C)(C)c1ccc(C(=O)Nc2ccc(NC(=O)COc3ccc(C4CCCCC4)cc3)cc2)cc1. The number of benzene rings is 3. The third-order valence-electron chi connectivity index (χ3n) is 6.77. The Morgan fingerprint density at radius 2 is 1.36 bits per heavy atom. The van der Waals surface area contributed by atoms with E-state index in [2.05, 4.69) is 43.5 Å². The van der Waals surface area contributed by atoms with Gasteiger partial charge in [-0.25, -0.2) is 0 Å². The molecule has 5 nitrogen and oxygen atoms in total. The van der Waals surface area contributed by atoms with Gasteiger partial charge in [0.25, 0.3) is 11.8 Å². The summed E-state index contributed by atoms with van der Waals surface area (Å²) in [5.74, 6) is 0.938. The summed E-state index contributed by atoms with van der Waals surface area (Å²) in [5, 5.41) is 5.73. The summed E-state index contributed by atoms with van der Waals surface area (Å²) in [6.45, 7) is 6.36. The van der Waals surface area contributed by atoms with Gasteiger partial charge in [0, 0.05) is 16.9 Å². The Bertz CT molecular complexity index is 1150. The third-order valence-corrected chi connectivity index (χ3v) is 6.77. The fourth-order valence-electron chi connectivity index (χ4n) is 4.58. The maximum Gasteiger partial charge on any atom is 0.262 e. The molecule has 5 heteroatoms. The van der Waals surface area contributed by atoms with E-state index in [9.17, 15) is 9.59 Å². The Hall–Kier alpha value is -3.60. The molecule has 0 saturated heterocycles. The lowest BCUT2D eigenvalue weighted by Crippen LogP contribution is -2.20. The zero-order valence-electron chi connectivity index (χ0n) is 21.5. The molecule has 3 aromatic carbocycles. The number of amides is 2. The normalized spacial score (nSPS) is 14.2. The Labute approximate surface area is 214 Å². The summed E-state index contributed by atoms with van der Waals surface area (Å²) in [6.07, 6.45) is 6.48. The first kappa shape index (κ1) is 25.5. The number of rotatable bonds is 7. The highest BCUT2D eigenvalue weighted by atomic mass is 16.5. The van der Waals surface area contributed by atoms with Gasteiger partial charge in [-0.2, -0.15) is 0 Å². The van der Waals surface area contributed by atoms with Crippen LogP contribution in [0, 0.1) is 0 Å². The first-order chi connectivity index (χ1) is 17.3. The van der Waals surface area contributed by atoms with Crippen molar-refractivity contribution in [1.29, 1.82) is 0 Å². The van der Waals surface area contributed by atoms with Crippen LogP contribution in [0.3, 0.4) is 0 Å². The molecule has 0 spiro atoms. The molecule has 0 bridgehead atoms. The first-order valence-electron chi connectivity index (χ1n) is 12.8. The van der Waals surface area contributed by atoms with Crippen LogP contribution in [-0.4, -0.2) is 18.4 Å². The summed E-state index contributed by atoms with van der Waals surface area (Å²) in [5.41, 5.74) is 4.49. The number of ether oxygens (including phenoxy) is 1. The van der Waals surface area contributed by atoms with E-state index < -0.39 is 0 Å². The smallest absolute Gasteiger partial charge is 0.262 e. The summed E-state index contributed by atoms with van der Waals surface area (Å²) >= 11 is 0. The molecular weight excluding hydrogens is 448 g/mol. The molecule has 2 amide bonds. The minimum Gasteiger partial charge on any atom is -0.484 e. The molecule has 188 valence electrons. The highest BCUT2D eigenvalue weighted by molar-refractivity contribution is 6.04. The van der Waals surface area contributed by atoms with Crippen molar-refractivity contribution in [3.05, 3.63) is 89.5 Å². The molecule has 1 aliphatic rings. The largest absolute Gasteiger partial charge is 0.484 e. The predicted molar refractivity (Wildman–Crippen MR) is 146 cm³/mol. The second-order valence-electron chi connectivity index (χ2n) is 10.6. The van der Waals surface area contributed by atoms with Crippen molar-refractivity contribution in [2.75, 3.05) is 17.2 Å². The van der Waals surface area contributed by atoms with E-state index in [1.807, 2.05) is 36.4 Å². The van der Waals surface area contributed by atoms with Gasteiger partial charge in [0.1, 0.15) is 5.75 Å². The zero-order valence-corrected chi connectivity index (χ0v) is 21.5. The molecule has 36 heavy (non-hydrogen) atoms. The molecule has 0 unspecified atom stereocenters. The van der Waals surface area contributed by atoms with Crippen molar-refractivity contribution in [2.24, 2.45) is 0 Å². The minimum absolute atomic E-state index is 0.0411. The van der Waals surface area contributed by atoms with Gasteiger partial charge in [-0.15, -0.1) is 0 Å². The Kier molecular flexibility index (Phi) is 8.09. The average Bonchev–Trinajstić information content (AvgIpc) is 2.89. The average molecular weight is 485 g/mol. The van der Waals surface area contributed by atoms with Crippen LogP contribution in [-0.2, 0) is 10.2 Å². The molecule has 0 radical (unpaired) electrons. The van der Waals surface area contributed by atoms with Gasteiger partial charge in [-0.1, -0.05) is 64.3 Å². The molecule has 2 N–H and O–H groups in total. The van der Waals surface area contributed by atoms with Crippen LogP contribution in [0.25, 0.3) is 0 Å². The second-order valence-corrected chi connectivity index (χ2v) is 10.6. The fraction of sp³-hybridized carbons (Fsp3) is 0.355. The first-order valence-corrected chi connectivity index (χ1v) is 12.8. The Morgan fingerprint density at radius 1 is 0.778 bits per heavy atom. The van der Waals surface area contributed by atoms with Crippen LogP contribution in [0.4, 0.5) is 11.4 Å². The van der Waals surface area contributed by atoms with E-state index in [1.165, 1.54) is 43.2 Å². The van der Waals surface area contributed by atoms with E-state index in [-0.39, 0.29) is 23.8 Å². The molecule has 1 saturated carbocycles. The molecule has 3 aromatic rings. The van der Waals surface area contributed by atoms with Crippen molar-refractivity contribution in [3.8, 4) is 5.75 Å². The summed E-state index contributed by atoms with van der Waals surface area (Å²) in [4.78, 5) is 24.9. The standard InChI is InChI=1S/C31H36N2O3/c1-31(2,3)25-13-9-24(10-14-25)30(35)33-27-17-15-26(16-18-27)32-29(34)21-36-28-19-11-23(12-20-28)22-7-5-4-6-8-22/h9-20,22H,4-8,21H2,1-3H3,(H,32,34)(H,33,35). The molecular formula is C31H36N2O3. The summed E-state index contributed by atoms with van der Waals surface area (Å²) < 4.78 is 5.67. The third kappa shape index (κ3) is 6.97. The predicted octanol–water partition coefficient (Wildman–Crippen LogP) is 7.30. The van der Waals surface area contributed by atoms with E-state index in [1.54, 1.807) is 24.3 Å². The van der Waals surface area contributed by atoms with Crippen LogP contribution in [0.1, 0.15) is 80.3 Å². The maximum atomic E-state index is 12.6. The number of hydrogen-bond acceptors (Lipinski definition) is 3. The van der Waals surface area contributed by atoms with Gasteiger partial charge < -0.3 is 15.4 Å². The van der Waals surface area contributed by atoms with Crippen LogP contribution in [0.15, 0.2) is 72.8 Å². The zero-order chi connectivity index (χ0) is 25.5. The minimum atomic E-state index is -0.234. The van der Waals surface area contributed by atoms with Crippen LogP contribution < -0.4 is 15.4 Å². The van der Waals surface area contributed by atoms with Gasteiger partial charge in [-0.3, -0.25) is 9.59 Å². The Morgan fingerprint density at radius 3 is 1.94 bits per heavy atom. The lowest BCUT2D eigenvalue weighted by Gasteiger charge is -2.22. The molecule has 1 aliphatic carbocycles. The van der Waals surface area contributed by atoms with E-state index >= 15 is 0 Å². The van der Waals surface area contributed by atoms with Gasteiger partial charge in [0.15, 0.2) is 6.61 Å². The van der Waals surface area contributed by atoms with Crippen LogP contribution in [0.5, 0.6) is 5.75 Å². The molecule has 0 atom stereocenters. The van der Waals surface area contributed by atoms with Crippen molar-refractivity contribution in [2.45, 2.75) is 64.2 Å². The highest BCUT2D eigenvalue weighted by Crippen LogP contribution is 2.33. The summed E-state index contributed by atoms with van der Waals surface area (Å²) in [6, 6.07) is 22.8. The number of carbonyl (C=O) groups is 2.